The van der Waals surface area contributed by atoms with Crippen LogP contribution in [-0.2, 0) is 0 Å². The van der Waals surface area contributed by atoms with Crippen molar-refractivity contribution in [2.75, 3.05) is 26.2 Å². The molecule has 0 aromatic carbocycles. The zero-order valence-corrected chi connectivity index (χ0v) is 10.8. The summed E-state index contributed by atoms with van der Waals surface area (Å²) in [7, 11) is 0. The lowest BCUT2D eigenvalue weighted by Crippen LogP contribution is -2.43. The zero-order valence-electron chi connectivity index (χ0n) is 10.8. The Bertz CT molecular complexity index is 153. The van der Waals surface area contributed by atoms with E-state index < -0.39 is 0 Å². The van der Waals surface area contributed by atoms with Gasteiger partial charge in [-0.15, -0.1) is 0 Å². The van der Waals surface area contributed by atoms with Crippen LogP contribution < -0.4 is 5.32 Å². The van der Waals surface area contributed by atoms with E-state index in [-0.39, 0.29) is 0 Å². The number of unbranched alkanes of at least 4 members (excludes halogenated alkanes) is 1. The standard InChI is InChI=1S/C13H28N2/c1-4-6-11-15(5-2)12(3)13-7-9-14-10-8-13/h12-14H,4-11H2,1-3H3. The molecule has 1 aliphatic heterocycles. The lowest BCUT2D eigenvalue weighted by atomic mass is 9.90. The van der Waals surface area contributed by atoms with Gasteiger partial charge in [0.15, 0.2) is 0 Å². The van der Waals surface area contributed by atoms with E-state index in [2.05, 4.69) is 31.0 Å². The smallest absolute Gasteiger partial charge is 0.00960 e. The lowest BCUT2D eigenvalue weighted by molar-refractivity contribution is 0.138. The highest BCUT2D eigenvalue weighted by molar-refractivity contribution is 4.79. The summed E-state index contributed by atoms with van der Waals surface area (Å²) in [5.41, 5.74) is 0. The van der Waals surface area contributed by atoms with Crippen LogP contribution in [0.15, 0.2) is 0 Å². The van der Waals surface area contributed by atoms with Crippen LogP contribution in [0.25, 0.3) is 0 Å². The molecule has 1 fully saturated rings. The van der Waals surface area contributed by atoms with E-state index in [0.29, 0.717) is 0 Å². The molecule has 0 aliphatic carbocycles. The number of nitrogens with one attached hydrogen (secondary N) is 1. The van der Waals surface area contributed by atoms with E-state index >= 15 is 0 Å². The molecule has 0 amide bonds. The average molecular weight is 212 g/mol. The van der Waals surface area contributed by atoms with E-state index in [1.807, 2.05) is 0 Å². The van der Waals surface area contributed by atoms with Crippen LogP contribution in [-0.4, -0.2) is 37.1 Å². The fourth-order valence-electron chi connectivity index (χ4n) is 2.64. The summed E-state index contributed by atoms with van der Waals surface area (Å²) in [6.07, 6.45) is 5.40. The van der Waals surface area contributed by atoms with Crippen molar-refractivity contribution in [3.8, 4) is 0 Å². The van der Waals surface area contributed by atoms with Crippen LogP contribution in [0.1, 0.15) is 46.5 Å². The van der Waals surface area contributed by atoms with Crippen molar-refractivity contribution in [3.63, 3.8) is 0 Å². The highest BCUT2D eigenvalue weighted by Gasteiger charge is 2.23. The van der Waals surface area contributed by atoms with Crippen molar-refractivity contribution in [1.82, 2.24) is 10.2 Å². The van der Waals surface area contributed by atoms with Gasteiger partial charge in [0.1, 0.15) is 0 Å². The molecule has 1 heterocycles. The van der Waals surface area contributed by atoms with E-state index in [1.165, 1.54) is 51.9 Å². The van der Waals surface area contributed by atoms with Gasteiger partial charge in [-0.05, 0) is 58.3 Å². The molecule has 1 unspecified atom stereocenters. The van der Waals surface area contributed by atoms with Crippen LogP contribution in [0.3, 0.4) is 0 Å². The largest absolute Gasteiger partial charge is 0.317 e. The minimum Gasteiger partial charge on any atom is -0.317 e. The third-order valence-electron chi connectivity index (χ3n) is 3.85. The third kappa shape index (κ3) is 4.12. The number of nitrogens with zero attached hydrogens (tertiary/aromatic N) is 1. The molecule has 1 atom stereocenters. The third-order valence-corrected chi connectivity index (χ3v) is 3.85. The highest BCUT2D eigenvalue weighted by atomic mass is 15.1. The molecule has 1 rings (SSSR count). The normalized spacial score (nSPS) is 20.8. The van der Waals surface area contributed by atoms with Crippen LogP contribution in [0.5, 0.6) is 0 Å². The summed E-state index contributed by atoms with van der Waals surface area (Å²) < 4.78 is 0. The van der Waals surface area contributed by atoms with E-state index in [1.54, 1.807) is 0 Å². The number of rotatable bonds is 6. The first kappa shape index (κ1) is 13.0. The maximum absolute atomic E-state index is 3.45. The van der Waals surface area contributed by atoms with Crippen LogP contribution in [0.4, 0.5) is 0 Å². The minimum absolute atomic E-state index is 0.781. The molecule has 0 radical (unpaired) electrons. The molecule has 1 N–H and O–H groups in total. The van der Waals surface area contributed by atoms with Crippen molar-refractivity contribution < 1.29 is 0 Å². The molecule has 15 heavy (non-hydrogen) atoms. The summed E-state index contributed by atoms with van der Waals surface area (Å²) in [4.78, 5) is 2.67. The predicted octanol–water partition coefficient (Wildman–Crippen LogP) is 2.50. The lowest BCUT2D eigenvalue weighted by Gasteiger charge is -2.36. The Kier molecular flexibility index (Phi) is 6.26. The van der Waals surface area contributed by atoms with Gasteiger partial charge >= 0.3 is 0 Å². The first-order valence-corrected chi connectivity index (χ1v) is 6.74. The Hall–Kier alpha value is -0.0800. The molecule has 90 valence electrons. The molecule has 0 aromatic heterocycles. The highest BCUT2D eigenvalue weighted by Crippen LogP contribution is 2.20. The van der Waals surface area contributed by atoms with Crippen LogP contribution in [0.2, 0.25) is 0 Å². The molecule has 0 bridgehead atoms. The number of hydrogen-bond donors (Lipinski definition) is 1. The van der Waals surface area contributed by atoms with Gasteiger partial charge in [0.25, 0.3) is 0 Å². The second-order valence-corrected chi connectivity index (χ2v) is 4.81. The Balaban J connectivity index is 2.36. The molecule has 2 heteroatoms. The van der Waals surface area contributed by atoms with Crippen molar-refractivity contribution in [3.05, 3.63) is 0 Å². The van der Waals surface area contributed by atoms with Gasteiger partial charge in [-0.25, -0.2) is 0 Å². The fraction of sp³-hybridized carbons (Fsp3) is 1.00. The van der Waals surface area contributed by atoms with E-state index in [0.717, 1.165) is 12.0 Å². The van der Waals surface area contributed by atoms with E-state index in [9.17, 15) is 0 Å². The average Bonchev–Trinajstić information content (AvgIpc) is 2.31. The van der Waals surface area contributed by atoms with Gasteiger partial charge in [-0.3, -0.25) is 0 Å². The Labute approximate surface area is 95.4 Å². The van der Waals surface area contributed by atoms with Gasteiger partial charge in [-0.2, -0.15) is 0 Å². The quantitative estimate of drug-likeness (QED) is 0.728. The number of piperidine rings is 1. The predicted molar refractivity (Wildman–Crippen MR) is 67.2 cm³/mol. The molecular weight excluding hydrogens is 184 g/mol. The summed E-state index contributed by atoms with van der Waals surface area (Å²) in [5, 5.41) is 3.45. The van der Waals surface area contributed by atoms with Crippen molar-refractivity contribution >= 4 is 0 Å². The first-order chi connectivity index (χ1) is 7.29. The van der Waals surface area contributed by atoms with Crippen molar-refractivity contribution in [2.24, 2.45) is 5.92 Å². The second-order valence-electron chi connectivity index (χ2n) is 4.81. The van der Waals surface area contributed by atoms with Crippen LogP contribution >= 0.6 is 0 Å². The zero-order chi connectivity index (χ0) is 11.1. The van der Waals surface area contributed by atoms with Crippen molar-refractivity contribution in [2.45, 2.75) is 52.5 Å². The fourth-order valence-corrected chi connectivity index (χ4v) is 2.64. The number of hydrogen-bond acceptors (Lipinski definition) is 2. The Morgan fingerprint density at radius 1 is 1.27 bits per heavy atom. The molecule has 2 nitrogen and oxygen atoms in total. The Morgan fingerprint density at radius 3 is 2.47 bits per heavy atom. The first-order valence-electron chi connectivity index (χ1n) is 6.74. The second kappa shape index (κ2) is 7.24. The molecule has 0 saturated carbocycles. The molecule has 0 aromatic rings. The molecule has 1 saturated heterocycles. The van der Waals surface area contributed by atoms with E-state index in [4.69, 9.17) is 0 Å². The molecule has 0 spiro atoms. The SMILES string of the molecule is CCCCN(CC)C(C)C1CCNCC1. The minimum atomic E-state index is 0.781. The maximum atomic E-state index is 3.45. The van der Waals surface area contributed by atoms with Gasteiger partial charge in [-0.1, -0.05) is 20.3 Å². The van der Waals surface area contributed by atoms with Gasteiger partial charge in [0.05, 0.1) is 0 Å². The topological polar surface area (TPSA) is 15.3 Å². The monoisotopic (exact) mass is 212 g/mol. The molecular formula is C13H28N2. The Morgan fingerprint density at radius 2 is 1.93 bits per heavy atom. The summed E-state index contributed by atoms with van der Waals surface area (Å²) in [6.45, 7) is 12.0. The summed E-state index contributed by atoms with van der Waals surface area (Å²) in [6, 6.07) is 0.781. The molecule has 1 aliphatic rings. The van der Waals surface area contributed by atoms with Gasteiger partial charge in [0, 0.05) is 6.04 Å². The van der Waals surface area contributed by atoms with Gasteiger partial charge in [0.2, 0.25) is 0 Å². The summed E-state index contributed by atoms with van der Waals surface area (Å²) in [5.74, 6) is 0.919. The van der Waals surface area contributed by atoms with Crippen molar-refractivity contribution in [1.29, 1.82) is 0 Å². The van der Waals surface area contributed by atoms with Gasteiger partial charge < -0.3 is 10.2 Å². The van der Waals surface area contributed by atoms with Crippen LogP contribution in [0, 0.1) is 5.92 Å². The summed E-state index contributed by atoms with van der Waals surface area (Å²) >= 11 is 0. The maximum Gasteiger partial charge on any atom is 0.00960 e.